The highest BCUT2D eigenvalue weighted by atomic mass is 15.0. The maximum atomic E-state index is 5.12. The zero-order valence-electron chi connectivity index (χ0n) is 26.5. The first-order valence-corrected chi connectivity index (χ1v) is 16.5. The van der Waals surface area contributed by atoms with Gasteiger partial charge in [0.05, 0.1) is 33.8 Å². The smallest absolute Gasteiger partial charge is 0.137 e. The molecule has 230 valence electrons. The fraction of sp³-hybridized carbons (Fsp3) is 0. The summed E-state index contributed by atoms with van der Waals surface area (Å²) in [5.74, 6) is 0. The van der Waals surface area contributed by atoms with Crippen molar-refractivity contribution in [1.29, 1.82) is 0 Å². The van der Waals surface area contributed by atoms with Crippen LogP contribution >= 0.6 is 0 Å². The summed E-state index contributed by atoms with van der Waals surface area (Å²) in [6.07, 6.45) is 4.21. The number of pyridine rings is 2. The van der Waals surface area contributed by atoms with Crippen LogP contribution in [0.2, 0.25) is 0 Å². The lowest BCUT2D eigenvalue weighted by molar-refractivity contribution is 1.17. The van der Waals surface area contributed by atoms with Crippen LogP contribution in [0.5, 0.6) is 0 Å². The second-order valence-corrected chi connectivity index (χ2v) is 12.3. The average molecular weight is 628 g/mol. The summed E-state index contributed by atoms with van der Waals surface area (Å²) in [7, 11) is 0. The fourth-order valence-electron chi connectivity index (χ4n) is 7.31. The molecule has 0 N–H and O–H groups in total. The molecule has 0 unspecified atom stereocenters. The van der Waals surface area contributed by atoms with Crippen LogP contribution < -0.4 is 0 Å². The van der Waals surface area contributed by atoms with Gasteiger partial charge in [0, 0.05) is 51.1 Å². The predicted octanol–water partition coefficient (Wildman–Crippen LogP) is 10.7. The molecule has 0 radical (unpaired) electrons. The first-order valence-electron chi connectivity index (χ1n) is 16.5. The zero-order valence-corrected chi connectivity index (χ0v) is 26.5. The second-order valence-electron chi connectivity index (χ2n) is 12.3. The molecular formula is C44H29N5. The van der Waals surface area contributed by atoms with Crippen LogP contribution in [0.1, 0.15) is 0 Å². The maximum Gasteiger partial charge on any atom is 0.137 e. The molecule has 0 amide bonds. The third kappa shape index (κ3) is 4.33. The number of para-hydroxylation sites is 1. The molecule has 10 aromatic rings. The molecule has 0 aliphatic carbocycles. The third-order valence-electron chi connectivity index (χ3n) is 9.48. The van der Waals surface area contributed by atoms with E-state index in [0.717, 1.165) is 73.0 Å². The third-order valence-corrected chi connectivity index (χ3v) is 9.48. The zero-order chi connectivity index (χ0) is 32.3. The molecule has 0 aliphatic rings. The van der Waals surface area contributed by atoms with Crippen LogP contribution in [0, 0.1) is 0 Å². The molecule has 5 nitrogen and oxygen atoms in total. The van der Waals surface area contributed by atoms with E-state index in [1.165, 1.54) is 10.8 Å². The second kappa shape index (κ2) is 10.9. The Morgan fingerprint density at radius 1 is 0.367 bits per heavy atom. The van der Waals surface area contributed by atoms with Gasteiger partial charge in [0.1, 0.15) is 11.3 Å². The van der Waals surface area contributed by atoms with E-state index in [0.29, 0.717) is 0 Å². The van der Waals surface area contributed by atoms with Crippen LogP contribution in [-0.4, -0.2) is 23.3 Å². The minimum Gasteiger partial charge on any atom is -0.309 e. The Bertz CT molecular complexity index is 2630. The summed E-state index contributed by atoms with van der Waals surface area (Å²) in [6.45, 7) is 0. The van der Waals surface area contributed by atoms with E-state index < -0.39 is 0 Å². The van der Waals surface area contributed by atoms with E-state index >= 15 is 0 Å². The first-order chi connectivity index (χ1) is 24.3. The summed E-state index contributed by atoms with van der Waals surface area (Å²) in [5, 5.41) is 2.36. The quantitative estimate of drug-likeness (QED) is 0.190. The van der Waals surface area contributed by atoms with Gasteiger partial charge >= 0.3 is 0 Å². The highest BCUT2D eigenvalue weighted by Gasteiger charge is 2.21. The highest BCUT2D eigenvalue weighted by molar-refractivity contribution is 6.12. The molecule has 0 saturated heterocycles. The SMILES string of the molecule is c1ccc(-c2nc3ccccn3c2-c2ccc3c(c2)c2cc(-c4c(-c5ccccc5)nc5ccccn45)ccc2n3-c2ccccc2)cc1. The van der Waals surface area contributed by atoms with Gasteiger partial charge < -0.3 is 4.57 Å². The molecule has 5 heterocycles. The Kier molecular flexibility index (Phi) is 6.11. The molecule has 0 spiro atoms. The van der Waals surface area contributed by atoms with Gasteiger partial charge in [0.25, 0.3) is 0 Å². The van der Waals surface area contributed by atoms with Crippen LogP contribution in [0.15, 0.2) is 176 Å². The summed E-state index contributed by atoms with van der Waals surface area (Å²) < 4.78 is 6.78. The molecule has 5 aromatic heterocycles. The standard InChI is InChI=1S/C44H29N5/c1-4-14-30(15-5-1)41-43(47-26-12-10-20-39(47)45-41)32-22-24-37-35(28-32)36-29-33(23-25-38(36)49(37)34-18-8-3-9-19-34)44-42(31-16-6-2-7-17-31)46-40-21-11-13-27-48(40)44/h1-29H. The van der Waals surface area contributed by atoms with Crippen LogP contribution in [-0.2, 0) is 0 Å². The Labute approximate surface area is 282 Å². The molecule has 5 aromatic carbocycles. The van der Waals surface area contributed by atoms with E-state index in [1.807, 2.05) is 24.3 Å². The number of nitrogens with zero attached hydrogens (tertiary/aromatic N) is 5. The maximum absolute atomic E-state index is 5.12. The van der Waals surface area contributed by atoms with Gasteiger partial charge in [-0.25, -0.2) is 9.97 Å². The van der Waals surface area contributed by atoms with Crippen molar-refractivity contribution in [3.8, 4) is 50.7 Å². The van der Waals surface area contributed by atoms with Crippen molar-refractivity contribution in [1.82, 2.24) is 23.3 Å². The number of imidazole rings is 2. The van der Waals surface area contributed by atoms with Gasteiger partial charge in [-0.05, 0) is 60.7 Å². The molecule has 0 bridgehead atoms. The van der Waals surface area contributed by atoms with Crippen molar-refractivity contribution in [2.24, 2.45) is 0 Å². The van der Waals surface area contributed by atoms with E-state index in [4.69, 9.17) is 9.97 Å². The van der Waals surface area contributed by atoms with Crippen molar-refractivity contribution in [2.75, 3.05) is 0 Å². The largest absolute Gasteiger partial charge is 0.309 e. The van der Waals surface area contributed by atoms with Gasteiger partial charge in [0.15, 0.2) is 0 Å². The van der Waals surface area contributed by atoms with Crippen molar-refractivity contribution in [3.63, 3.8) is 0 Å². The van der Waals surface area contributed by atoms with Crippen molar-refractivity contribution < 1.29 is 0 Å². The minimum absolute atomic E-state index is 0.923. The normalized spacial score (nSPS) is 11.7. The van der Waals surface area contributed by atoms with E-state index in [-0.39, 0.29) is 0 Å². The molecule has 5 heteroatoms. The Hall–Kier alpha value is -6.72. The molecule has 0 saturated carbocycles. The Morgan fingerprint density at radius 2 is 0.796 bits per heavy atom. The van der Waals surface area contributed by atoms with Gasteiger partial charge in [-0.15, -0.1) is 0 Å². The minimum atomic E-state index is 0.923. The lowest BCUT2D eigenvalue weighted by atomic mass is 10.0. The summed E-state index contributed by atoms with van der Waals surface area (Å²) in [6, 6.07) is 57.6. The van der Waals surface area contributed by atoms with Crippen LogP contribution in [0.3, 0.4) is 0 Å². The monoisotopic (exact) mass is 627 g/mol. The van der Waals surface area contributed by atoms with Crippen molar-refractivity contribution >= 4 is 33.1 Å². The number of hydrogen-bond acceptors (Lipinski definition) is 2. The number of aromatic nitrogens is 5. The molecular weight excluding hydrogens is 599 g/mol. The van der Waals surface area contributed by atoms with Gasteiger partial charge in [-0.2, -0.15) is 0 Å². The number of rotatable bonds is 5. The predicted molar refractivity (Wildman–Crippen MR) is 200 cm³/mol. The van der Waals surface area contributed by atoms with Gasteiger partial charge in [-0.3, -0.25) is 8.80 Å². The average Bonchev–Trinajstić information content (AvgIpc) is 3.85. The number of hydrogen-bond donors (Lipinski definition) is 0. The Morgan fingerprint density at radius 3 is 1.27 bits per heavy atom. The van der Waals surface area contributed by atoms with Crippen LogP contribution in [0.25, 0.3) is 83.8 Å². The lowest BCUT2D eigenvalue weighted by Crippen LogP contribution is -1.94. The van der Waals surface area contributed by atoms with E-state index in [2.05, 4.69) is 165 Å². The van der Waals surface area contributed by atoms with Crippen LogP contribution in [0.4, 0.5) is 0 Å². The summed E-state index contributed by atoms with van der Waals surface area (Å²) in [4.78, 5) is 10.2. The van der Waals surface area contributed by atoms with Crippen molar-refractivity contribution in [3.05, 3.63) is 176 Å². The fourth-order valence-corrected chi connectivity index (χ4v) is 7.31. The van der Waals surface area contributed by atoms with E-state index in [1.54, 1.807) is 0 Å². The molecule has 0 fully saturated rings. The topological polar surface area (TPSA) is 39.5 Å². The summed E-state index contributed by atoms with van der Waals surface area (Å²) >= 11 is 0. The molecule has 10 rings (SSSR count). The van der Waals surface area contributed by atoms with Crippen molar-refractivity contribution in [2.45, 2.75) is 0 Å². The summed E-state index contributed by atoms with van der Waals surface area (Å²) in [5.41, 5.74) is 13.8. The van der Waals surface area contributed by atoms with Gasteiger partial charge in [-0.1, -0.05) is 103 Å². The van der Waals surface area contributed by atoms with Gasteiger partial charge in [0.2, 0.25) is 0 Å². The molecule has 0 aliphatic heterocycles. The first kappa shape index (κ1) is 27.4. The highest BCUT2D eigenvalue weighted by Crippen LogP contribution is 2.41. The number of fused-ring (bicyclic) bond motifs is 5. The number of benzene rings is 5. The lowest BCUT2D eigenvalue weighted by Gasteiger charge is -2.09. The molecule has 0 atom stereocenters. The molecule has 49 heavy (non-hydrogen) atoms. The van der Waals surface area contributed by atoms with E-state index in [9.17, 15) is 0 Å². The Balaban J connectivity index is 1.27.